The quantitative estimate of drug-likeness (QED) is 0.177. The third-order valence-electron chi connectivity index (χ3n) is 9.79. The molecule has 0 saturated carbocycles. The van der Waals surface area contributed by atoms with E-state index < -0.39 is 0 Å². The summed E-state index contributed by atoms with van der Waals surface area (Å²) < 4.78 is 34.9. The number of rotatable bonds is 4. The third-order valence-corrected chi connectivity index (χ3v) is 9.79. The highest BCUT2D eigenvalue weighted by atomic mass is 16.3. The average Bonchev–Trinajstić information content (AvgIpc) is 3.59. The van der Waals surface area contributed by atoms with Crippen LogP contribution in [0.25, 0.3) is 98.8 Å². The van der Waals surface area contributed by atoms with Crippen LogP contribution in [-0.2, 0) is 0 Å². The van der Waals surface area contributed by atoms with Gasteiger partial charge in [0, 0.05) is 16.3 Å². The summed E-state index contributed by atoms with van der Waals surface area (Å²) in [6.45, 7) is 0. The van der Waals surface area contributed by atoms with Gasteiger partial charge in [0.1, 0.15) is 11.2 Å². The Labute approximate surface area is 288 Å². The number of furan rings is 1. The average molecular weight is 626 g/mol. The van der Waals surface area contributed by atoms with Crippen molar-refractivity contribution in [3.05, 3.63) is 182 Å². The molecule has 0 bridgehead atoms. The summed E-state index contributed by atoms with van der Waals surface area (Å²) in [5, 5.41) is 8.29. The van der Waals surface area contributed by atoms with Crippen molar-refractivity contribution >= 4 is 54.3 Å². The Bertz CT molecular complexity index is 2990. The number of hydrogen-bond donors (Lipinski definition) is 0. The molecule has 0 aliphatic carbocycles. The van der Waals surface area contributed by atoms with E-state index in [4.69, 9.17) is 5.79 Å². The Morgan fingerprint density at radius 3 is 1.78 bits per heavy atom. The SMILES string of the molecule is [2H]c1cc(-c2cccc3c2oc2cccc(-c4ccc5ccccc5c4)c23)c([2H])c(-c2c3ccccc3c(-c3ccccc3)c3ccccc23)c1[2H]. The zero-order chi connectivity index (χ0) is 34.9. The van der Waals surface area contributed by atoms with Gasteiger partial charge in [-0.05, 0) is 89.4 Å². The molecule has 1 nitrogen and oxygen atoms in total. The first-order chi connectivity index (χ1) is 25.6. The van der Waals surface area contributed by atoms with Crippen molar-refractivity contribution in [3.63, 3.8) is 0 Å². The second-order valence-corrected chi connectivity index (χ2v) is 12.6. The first-order valence-corrected chi connectivity index (χ1v) is 16.6. The van der Waals surface area contributed by atoms with Crippen molar-refractivity contribution in [1.29, 1.82) is 0 Å². The van der Waals surface area contributed by atoms with Gasteiger partial charge in [0.15, 0.2) is 0 Å². The van der Waals surface area contributed by atoms with Gasteiger partial charge in [0.25, 0.3) is 0 Å². The zero-order valence-electron chi connectivity index (χ0n) is 29.5. The van der Waals surface area contributed by atoms with E-state index in [1.807, 2.05) is 54.6 Å². The van der Waals surface area contributed by atoms with Crippen molar-refractivity contribution in [3.8, 4) is 44.5 Å². The lowest BCUT2D eigenvalue weighted by molar-refractivity contribution is 0.670. The highest BCUT2D eigenvalue weighted by Crippen LogP contribution is 2.45. The molecule has 1 heterocycles. The van der Waals surface area contributed by atoms with Gasteiger partial charge in [-0.2, -0.15) is 0 Å². The number of fused-ring (bicyclic) bond motifs is 6. The topological polar surface area (TPSA) is 13.1 Å². The Kier molecular flexibility index (Phi) is 5.58. The van der Waals surface area contributed by atoms with Crippen molar-refractivity contribution in [2.75, 3.05) is 0 Å². The molecule has 0 amide bonds. The monoisotopic (exact) mass is 625 g/mol. The van der Waals surface area contributed by atoms with E-state index >= 15 is 0 Å². The molecule has 0 spiro atoms. The summed E-state index contributed by atoms with van der Waals surface area (Å²) in [7, 11) is 0. The molecule has 10 rings (SSSR count). The molecule has 0 radical (unpaired) electrons. The van der Waals surface area contributed by atoms with E-state index in [1.54, 1.807) is 6.07 Å². The maximum absolute atomic E-state index is 9.85. The van der Waals surface area contributed by atoms with Crippen LogP contribution in [0.1, 0.15) is 4.11 Å². The highest BCUT2D eigenvalue weighted by molar-refractivity contribution is 6.22. The van der Waals surface area contributed by atoms with Gasteiger partial charge in [-0.3, -0.25) is 0 Å². The molecule has 9 aromatic carbocycles. The normalized spacial score (nSPS) is 12.5. The molecule has 0 unspecified atom stereocenters. The van der Waals surface area contributed by atoms with Crippen LogP contribution in [0.3, 0.4) is 0 Å². The minimum Gasteiger partial charge on any atom is -0.455 e. The molecular weight excluding hydrogens is 593 g/mol. The molecule has 1 aromatic heterocycles. The van der Waals surface area contributed by atoms with Crippen LogP contribution in [0.5, 0.6) is 0 Å². The van der Waals surface area contributed by atoms with E-state index in [-0.39, 0.29) is 18.1 Å². The summed E-state index contributed by atoms with van der Waals surface area (Å²) in [5.74, 6) is 0. The minimum absolute atomic E-state index is 0.0342. The van der Waals surface area contributed by atoms with Crippen molar-refractivity contribution in [2.45, 2.75) is 0 Å². The standard InChI is InChI=1S/C48H30O/c1-2-14-32(15-3-1)45-39-19-6-8-21-41(39)46(42-22-9-7-20-40(42)45)36-18-10-17-34(30-36)38-24-11-25-43-47-37(23-12-26-44(47)49-48(38)43)35-28-27-31-13-4-5-16-33(31)29-35/h1-30H/i10D,18D,30D. The van der Waals surface area contributed by atoms with E-state index in [1.165, 1.54) is 10.8 Å². The molecule has 0 aliphatic rings. The van der Waals surface area contributed by atoms with Gasteiger partial charge in [-0.25, -0.2) is 0 Å². The van der Waals surface area contributed by atoms with E-state index in [2.05, 4.69) is 103 Å². The fourth-order valence-corrected chi connectivity index (χ4v) is 7.62. The van der Waals surface area contributed by atoms with Crippen molar-refractivity contribution < 1.29 is 8.53 Å². The fraction of sp³-hybridized carbons (Fsp3) is 0. The summed E-state index contributed by atoms with van der Waals surface area (Å²) in [6, 6.07) is 55.9. The van der Waals surface area contributed by atoms with E-state index in [9.17, 15) is 2.74 Å². The van der Waals surface area contributed by atoms with Crippen molar-refractivity contribution in [2.24, 2.45) is 0 Å². The van der Waals surface area contributed by atoms with Crippen LogP contribution in [0.4, 0.5) is 0 Å². The lowest BCUT2D eigenvalue weighted by Crippen LogP contribution is -1.91. The summed E-state index contributed by atoms with van der Waals surface area (Å²) >= 11 is 0. The van der Waals surface area contributed by atoms with E-state index in [0.717, 1.165) is 71.3 Å². The molecule has 49 heavy (non-hydrogen) atoms. The largest absolute Gasteiger partial charge is 0.455 e. The minimum atomic E-state index is 0.0342. The predicted molar refractivity (Wildman–Crippen MR) is 208 cm³/mol. The van der Waals surface area contributed by atoms with Gasteiger partial charge in [-0.15, -0.1) is 0 Å². The zero-order valence-corrected chi connectivity index (χ0v) is 26.5. The summed E-state index contributed by atoms with van der Waals surface area (Å²) in [6.07, 6.45) is 0. The van der Waals surface area contributed by atoms with Gasteiger partial charge >= 0.3 is 0 Å². The van der Waals surface area contributed by atoms with Gasteiger partial charge in [0.05, 0.1) is 4.11 Å². The first-order valence-electron chi connectivity index (χ1n) is 18.1. The van der Waals surface area contributed by atoms with Crippen LogP contribution in [0.2, 0.25) is 0 Å². The maximum atomic E-state index is 9.85. The number of benzene rings is 9. The predicted octanol–water partition coefficient (Wildman–Crippen LogP) is 13.7. The van der Waals surface area contributed by atoms with Gasteiger partial charge < -0.3 is 4.42 Å². The molecule has 0 atom stereocenters. The molecule has 228 valence electrons. The molecule has 0 aliphatic heterocycles. The van der Waals surface area contributed by atoms with Crippen molar-refractivity contribution in [1.82, 2.24) is 0 Å². The lowest BCUT2D eigenvalue weighted by Gasteiger charge is -2.18. The van der Waals surface area contributed by atoms with Crippen LogP contribution in [0, 0.1) is 0 Å². The molecule has 0 saturated heterocycles. The highest BCUT2D eigenvalue weighted by Gasteiger charge is 2.19. The first kappa shape index (κ1) is 24.7. The smallest absolute Gasteiger partial charge is 0.143 e. The molecule has 1 heteroatoms. The van der Waals surface area contributed by atoms with Crippen LogP contribution < -0.4 is 0 Å². The number of hydrogen-bond acceptors (Lipinski definition) is 1. The summed E-state index contributed by atoms with van der Waals surface area (Å²) in [4.78, 5) is 0. The van der Waals surface area contributed by atoms with Gasteiger partial charge in [0.2, 0.25) is 0 Å². The Morgan fingerprint density at radius 1 is 0.408 bits per heavy atom. The number of para-hydroxylation sites is 1. The van der Waals surface area contributed by atoms with Crippen LogP contribution in [0.15, 0.2) is 186 Å². The van der Waals surface area contributed by atoms with Crippen LogP contribution >= 0.6 is 0 Å². The Morgan fingerprint density at radius 2 is 1.02 bits per heavy atom. The second kappa shape index (κ2) is 11.1. The second-order valence-electron chi connectivity index (χ2n) is 12.6. The Balaban J connectivity index is 1.24. The molecule has 0 fully saturated rings. The third kappa shape index (κ3) is 4.40. The summed E-state index contributed by atoms with van der Waals surface area (Å²) in [5.41, 5.74) is 8.36. The lowest BCUT2D eigenvalue weighted by atomic mass is 9.85. The van der Waals surface area contributed by atoms with E-state index in [0.29, 0.717) is 16.7 Å². The fourth-order valence-electron chi connectivity index (χ4n) is 7.62. The van der Waals surface area contributed by atoms with Gasteiger partial charge in [-0.1, -0.05) is 164 Å². The maximum Gasteiger partial charge on any atom is 0.143 e. The molecule has 10 aromatic rings. The molecular formula is C48H30O. The molecule has 0 N–H and O–H groups in total. The Hall–Kier alpha value is -6.44. The van der Waals surface area contributed by atoms with Crippen LogP contribution in [-0.4, -0.2) is 0 Å².